The Hall–Kier alpha value is -2.57. The number of rotatable bonds is 7. The first-order valence-corrected chi connectivity index (χ1v) is 6.76. The molecule has 1 aromatic carbocycles. The van der Waals surface area contributed by atoms with E-state index >= 15 is 0 Å². The summed E-state index contributed by atoms with van der Waals surface area (Å²) in [4.78, 5) is 34.1. The number of ether oxygens (including phenoxy) is 1. The van der Waals surface area contributed by atoms with Gasteiger partial charge in [-0.3, -0.25) is 9.59 Å². The van der Waals surface area contributed by atoms with Gasteiger partial charge in [-0.2, -0.15) is 0 Å². The Bertz CT molecular complexity index is 541. The Labute approximate surface area is 128 Å². The monoisotopic (exact) mass is 308 g/mol. The summed E-state index contributed by atoms with van der Waals surface area (Å²) in [6.07, 6.45) is 0.137. The molecule has 0 heterocycles. The van der Waals surface area contributed by atoms with E-state index in [4.69, 9.17) is 4.74 Å². The van der Waals surface area contributed by atoms with Gasteiger partial charge in [0.15, 0.2) is 0 Å². The molecular formula is C15H20N2O5. The van der Waals surface area contributed by atoms with E-state index in [0.29, 0.717) is 5.75 Å². The molecule has 7 nitrogen and oxygen atoms in total. The van der Waals surface area contributed by atoms with Crippen LogP contribution in [-0.4, -0.2) is 42.1 Å². The molecule has 2 atom stereocenters. The third-order valence-corrected chi connectivity index (χ3v) is 3.03. The Balaban J connectivity index is 2.70. The molecule has 1 rings (SSSR count). The van der Waals surface area contributed by atoms with Gasteiger partial charge >= 0.3 is 5.97 Å². The third-order valence-electron chi connectivity index (χ3n) is 3.03. The minimum Gasteiger partial charge on any atom is -0.497 e. The van der Waals surface area contributed by atoms with Gasteiger partial charge in [-0.1, -0.05) is 12.1 Å². The molecule has 1 aromatic rings. The number of benzene rings is 1. The van der Waals surface area contributed by atoms with Crippen LogP contribution in [0.15, 0.2) is 24.3 Å². The first kappa shape index (κ1) is 17.5. The number of carbonyl (C=O) groups is 3. The molecule has 7 heteroatoms. The van der Waals surface area contributed by atoms with Crippen molar-refractivity contribution in [2.24, 2.45) is 0 Å². The molecule has 0 aliphatic carbocycles. The van der Waals surface area contributed by atoms with Crippen LogP contribution in [0, 0.1) is 0 Å². The minimum absolute atomic E-state index is 0.137. The molecule has 120 valence electrons. The van der Waals surface area contributed by atoms with Crippen molar-refractivity contribution in [1.82, 2.24) is 10.6 Å². The number of hydrogen-bond donors (Lipinski definition) is 3. The normalized spacial score (nSPS) is 12.9. The Kier molecular flexibility index (Phi) is 6.37. The van der Waals surface area contributed by atoms with Crippen molar-refractivity contribution in [2.45, 2.75) is 32.4 Å². The highest BCUT2D eigenvalue weighted by molar-refractivity contribution is 5.89. The zero-order valence-electron chi connectivity index (χ0n) is 12.8. The van der Waals surface area contributed by atoms with Crippen LogP contribution in [0.25, 0.3) is 0 Å². The summed E-state index contributed by atoms with van der Waals surface area (Å²) in [5, 5.41) is 14.0. The summed E-state index contributed by atoms with van der Waals surface area (Å²) >= 11 is 0. The average Bonchev–Trinajstić information content (AvgIpc) is 2.46. The van der Waals surface area contributed by atoms with Crippen molar-refractivity contribution in [3.05, 3.63) is 29.8 Å². The van der Waals surface area contributed by atoms with Gasteiger partial charge in [0.05, 0.1) is 7.11 Å². The van der Waals surface area contributed by atoms with Gasteiger partial charge in [0.1, 0.15) is 17.8 Å². The van der Waals surface area contributed by atoms with Gasteiger partial charge in [-0.15, -0.1) is 0 Å². The molecule has 3 N–H and O–H groups in total. The van der Waals surface area contributed by atoms with Crippen LogP contribution in [0.1, 0.15) is 19.4 Å². The molecule has 22 heavy (non-hydrogen) atoms. The minimum atomic E-state index is -1.14. The molecule has 2 unspecified atom stereocenters. The van der Waals surface area contributed by atoms with Crippen LogP contribution in [0.2, 0.25) is 0 Å². The van der Waals surface area contributed by atoms with Crippen LogP contribution in [0.3, 0.4) is 0 Å². The van der Waals surface area contributed by atoms with E-state index in [1.54, 1.807) is 31.4 Å². The number of hydrogen-bond acceptors (Lipinski definition) is 4. The van der Waals surface area contributed by atoms with E-state index in [0.717, 1.165) is 5.56 Å². The van der Waals surface area contributed by atoms with E-state index in [1.807, 2.05) is 0 Å². The van der Waals surface area contributed by atoms with Crippen molar-refractivity contribution in [1.29, 1.82) is 0 Å². The summed E-state index contributed by atoms with van der Waals surface area (Å²) in [7, 11) is 1.54. The molecule has 0 bridgehead atoms. The number of carboxylic acids is 1. The Morgan fingerprint density at radius 2 is 1.77 bits per heavy atom. The number of carbonyl (C=O) groups excluding carboxylic acids is 2. The van der Waals surface area contributed by atoms with Crippen molar-refractivity contribution in [3.63, 3.8) is 0 Å². The lowest BCUT2D eigenvalue weighted by Gasteiger charge is -2.18. The second-order valence-corrected chi connectivity index (χ2v) is 4.87. The highest BCUT2D eigenvalue weighted by Gasteiger charge is 2.23. The van der Waals surface area contributed by atoms with Gasteiger partial charge < -0.3 is 20.5 Å². The quantitative estimate of drug-likeness (QED) is 0.673. The standard InChI is InChI=1S/C15H20N2O5/c1-9(16-10(2)18)14(19)17-13(15(20)21)8-11-4-6-12(22-3)7-5-11/h4-7,9,13H,8H2,1-3H3,(H,16,18)(H,17,19)(H,20,21). The molecule has 0 radical (unpaired) electrons. The predicted octanol–water partition coefficient (Wildman–Crippen LogP) is 0.332. The lowest BCUT2D eigenvalue weighted by Crippen LogP contribution is -2.50. The largest absolute Gasteiger partial charge is 0.497 e. The molecule has 0 aliphatic heterocycles. The van der Waals surface area contributed by atoms with Gasteiger partial charge in [0.2, 0.25) is 11.8 Å². The van der Waals surface area contributed by atoms with Crippen LogP contribution in [-0.2, 0) is 20.8 Å². The van der Waals surface area contributed by atoms with Crippen molar-refractivity contribution in [3.8, 4) is 5.75 Å². The van der Waals surface area contributed by atoms with E-state index < -0.39 is 24.0 Å². The maximum absolute atomic E-state index is 11.9. The molecule has 2 amide bonds. The van der Waals surface area contributed by atoms with E-state index in [2.05, 4.69) is 10.6 Å². The van der Waals surface area contributed by atoms with Crippen molar-refractivity contribution >= 4 is 17.8 Å². The fourth-order valence-corrected chi connectivity index (χ4v) is 1.86. The number of nitrogens with one attached hydrogen (secondary N) is 2. The number of amides is 2. The fraction of sp³-hybridized carbons (Fsp3) is 0.400. The van der Waals surface area contributed by atoms with Gasteiger partial charge in [0, 0.05) is 13.3 Å². The second-order valence-electron chi connectivity index (χ2n) is 4.87. The van der Waals surface area contributed by atoms with Crippen molar-refractivity contribution < 1.29 is 24.2 Å². The summed E-state index contributed by atoms with van der Waals surface area (Å²) in [6.45, 7) is 2.78. The van der Waals surface area contributed by atoms with E-state index in [1.165, 1.54) is 13.8 Å². The smallest absolute Gasteiger partial charge is 0.326 e. The highest BCUT2D eigenvalue weighted by atomic mass is 16.5. The van der Waals surface area contributed by atoms with E-state index in [9.17, 15) is 19.5 Å². The maximum Gasteiger partial charge on any atom is 0.326 e. The van der Waals surface area contributed by atoms with Crippen LogP contribution >= 0.6 is 0 Å². The van der Waals surface area contributed by atoms with Crippen LogP contribution in [0.5, 0.6) is 5.75 Å². The van der Waals surface area contributed by atoms with Crippen molar-refractivity contribution in [2.75, 3.05) is 7.11 Å². The zero-order chi connectivity index (χ0) is 16.7. The summed E-state index contributed by atoms with van der Waals surface area (Å²) in [5.41, 5.74) is 0.751. The maximum atomic E-state index is 11.9. The molecule has 0 saturated heterocycles. The number of carboxylic acid groups (broad SMARTS) is 1. The lowest BCUT2D eigenvalue weighted by atomic mass is 10.1. The average molecular weight is 308 g/mol. The molecule has 0 fully saturated rings. The second kappa shape index (κ2) is 8.02. The summed E-state index contributed by atoms with van der Waals surface area (Å²) in [6, 6.07) is 5.04. The van der Waals surface area contributed by atoms with Gasteiger partial charge in [-0.25, -0.2) is 4.79 Å². The Morgan fingerprint density at radius 1 is 1.18 bits per heavy atom. The predicted molar refractivity (Wildman–Crippen MR) is 79.5 cm³/mol. The number of methoxy groups -OCH3 is 1. The first-order valence-electron chi connectivity index (χ1n) is 6.76. The molecule has 0 spiro atoms. The molecule has 0 saturated carbocycles. The lowest BCUT2D eigenvalue weighted by molar-refractivity contribution is -0.142. The first-order chi connectivity index (χ1) is 10.3. The highest BCUT2D eigenvalue weighted by Crippen LogP contribution is 2.12. The fourth-order valence-electron chi connectivity index (χ4n) is 1.86. The molecule has 0 aromatic heterocycles. The molecular weight excluding hydrogens is 288 g/mol. The topological polar surface area (TPSA) is 105 Å². The summed E-state index contributed by atoms with van der Waals surface area (Å²) < 4.78 is 5.03. The van der Waals surface area contributed by atoms with E-state index in [-0.39, 0.29) is 12.3 Å². The SMILES string of the molecule is COc1ccc(CC(NC(=O)C(C)NC(C)=O)C(=O)O)cc1. The van der Waals surface area contributed by atoms with Crippen LogP contribution in [0.4, 0.5) is 0 Å². The van der Waals surface area contributed by atoms with Gasteiger partial charge in [-0.05, 0) is 24.6 Å². The van der Waals surface area contributed by atoms with Gasteiger partial charge in [0.25, 0.3) is 0 Å². The third kappa shape index (κ3) is 5.43. The Morgan fingerprint density at radius 3 is 2.23 bits per heavy atom. The van der Waals surface area contributed by atoms with Crippen LogP contribution < -0.4 is 15.4 Å². The molecule has 0 aliphatic rings. The zero-order valence-corrected chi connectivity index (χ0v) is 12.8. The summed E-state index contributed by atoms with van der Waals surface area (Å²) in [5.74, 6) is -1.38. The number of aliphatic carboxylic acids is 1.